The molecule has 1 spiro atoms. The highest BCUT2D eigenvalue weighted by atomic mass is 16.8. The van der Waals surface area contributed by atoms with E-state index in [1.54, 1.807) is 57.2 Å². The van der Waals surface area contributed by atoms with Crippen molar-refractivity contribution in [2.24, 2.45) is 5.92 Å². The van der Waals surface area contributed by atoms with Crippen molar-refractivity contribution in [3.63, 3.8) is 0 Å². The number of aliphatic hydroxyl groups excluding tert-OH is 1. The molecule has 2 saturated heterocycles. The van der Waals surface area contributed by atoms with Crippen molar-refractivity contribution < 1.29 is 48.0 Å². The molecule has 3 aromatic carbocycles. The van der Waals surface area contributed by atoms with E-state index >= 15 is 0 Å². The number of carbonyl (C=O) groups is 4. The maximum atomic E-state index is 13.9. The topological polar surface area (TPSA) is 162 Å². The van der Waals surface area contributed by atoms with Gasteiger partial charge < -0.3 is 39.4 Å². The minimum Gasteiger partial charge on any atom is -0.460 e. The Morgan fingerprint density at radius 3 is 2.43 bits per heavy atom. The van der Waals surface area contributed by atoms with Crippen molar-refractivity contribution in [3.05, 3.63) is 124 Å². The number of hydrogen-bond acceptors (Lipinski definition) is 10. The fourth-order valence-electron chi connectivity index (χ4n) is 8.78. The lowest BCUT2D eigenvalue weighted by Gasteiger charge is -2.30. The lowest BCUT2D eigenvalue weighted by molar-refractivity contribution is -0.172. The summed E-state index contributed by atoms with van der Waals surface area (Å²) in [5, 5.41) is 15.6. The van der Waals surface area contributed by atoms with Gasteiger partial charge in [-0.15, -0.1) is 0 Å². The average Bonchev–Trinajstić information content (AvgIpc) is 3.79. The number of allylic oxidation sites excluding steroid dienone is 1. The Morgan fingerprint density at radius 2 is 1.68 bits per heavy atom. The zero-order valence-electron chi connectivity index (χ0n) is 34.4. The Labute approximate surface area is 350 Å². The summed E-state index contributed by atoms with van der Waals surface area (Å²) < 4.78 is 30.6. The van der Waals surface area contributed by atoms with E-state index in [-0.39, 0.29) is 38.3 Å². The van der Waals surface area contributed by atoms with Gasteiger partial charge in [-0.1, -0.05) is 60.7 Å². The van der Waals surface area contributed by atoms with Crippen LogP contribution in [-0.2, 0) is 52.7 Å². The van der Waals surface area contributed by atoms with Gasteiger partial charge in [-0.25, -0.2) is 4.79 Å². The van der Waals surface area contributed by atoms with Crippen LogP contribution < -0.4 is 10.6 Å². The third kappa shape index (κ3) is 10.1. The van der Waals surface area contributed by atoms with E-state index in [1.807, 2.05) is 30.3 Å². The van der Waals surface area contributed by atoms with Crippen molar-refractivity contribution in [1.82, 2.24) is 10.6 Å². The number of ether oxygens (including phenoxy) is 5. The van der Waals surface area contributed by atoms with Crippen LogP contribution in [0.2, 0.25) is 0 Å². The SMILES string of the molecule is CC(C)(C)OC(=O)CCC(CO)NC(=O)c1cccc(CNC(=O)C2=CC3OC4(Cc5ccccc5C4)OC3C(OC(=O)c3cccc(C=CC4CCC5OC5C4)c3)C2)c1. The number of rotatable bonds is 13. The molecule has 2 aliphatic heterocycles. The minimum absolute atomic E-state index is 0.0423. The number of aliphatic hydroxyl groups is 1. The van der Waals surface area contributed by atoms with Crippen LogP contribution in [0.1, 0.15) is 102 Å². The standard InChI is InChI=1S/C48H54N2O10/c1-47(2,3)59-42(52)19-17-37(28-51)50-45(54)32-12-7-9-31(21-32)27-49-44(53)36-23-40(43-41(24-36)58-48(60-43)25-34-10-4-5-11-35(34)26-48)57-46(55)33-13-6-8-29(20-33)14-15-30-16-18-38-39(22-30)56-38/h4-15,20-21,24,30,37-41,43,51H,16-19,22-23,25-28H2,1-3H3,(H,49,53)(H,50,54). The first-order chi connectivity index (χ1) is 28.8. The lowest BCUT2D eigenvalue weighted by Crippen LogP contribution is -2.43. The van der Waals surface area contributed by atoms with Gasteiger partial charge in [-0.05, 0) is 105 Å². The molecule has 12 nitrogen and oxygen atoms in total. The van der Waals surface area contributed by atoms with E-state index in [2.05, 4.69) is 34.9 Å². The fourth-order valence-corrected chi connectivity index (χ4v) is 8.78. The van der Waals surface area contributed by atoms with Crippen LogP contribution in [-0.4, -0.2) is 83.4 Å². The van der Waals surface area contributed by atoms with E-state index in [4.69, 9.17) is 23.7 Å². The molecule has 3 aromatic rings. The van der Waals surface area contributed by atoms with E-state index in [9.17, 15) is 24.3 Å². The van der Waals surface area contributed by atoms with Crippen LogP contribution in [0, 0.1) is 5.92 Å². The molecule has 0 radical (unpaired) electrons. The Bertz CT molecular complexity index is 2150. The third-order valence-electron chi connectivity index (χ3n) is 11.8. The summed E-state index contributed by atoms with van der Waals surface area (Å²) in [6.45, 7) is 5.10. The van der Waals surface area contributed by atoms with Crippen molar-refractivity contribution in [1.29, 1.82) is 0 Å². The van der Waals surface area contributed by atoms with Crippen molar-refractivity contribution in [2.45, 2.75) is 127 Å². The van der Waals surface area contributed by atoms with Crippen LogP contribution in [0.3, 0.4) is 0 Å². The molecule has 1 saturated carbocycles. The van der Waals surface area contributed by atoms with Gasteiger partial charge >= 0.3 is 11.9 Å². The number of epoxide rings is 1. The molecule has 0 bridgehead atoms. The van der Waals surface area contributed by atoms with E-state index in [1.165, 1.54) is 0 Å². The predicted octanol–water partition coefficient (Wildman–Crippen LogP) is 5.93. The van der Waals surface area contributed by atoms with E-state index < -0.39 is 53.6 Å². The fraction of sp³-hybridized carbons (Fsp3) is 0.458. The summed E-state index contributed by atoms with van der Waals surface area (Å²) in [6, 6.07) is 21.6. The molecule has 7 atom stereocenters. The molecular weight excluding hydrogens is 765 g/mol. The molecule has 2 amide bonds. The van der Waals surface area contributed by atoms with Gasteiger partial charge in [0.2, 0.25) is 5.91 Å². The number of esters is 2. The molecule has 3 fully saturated rings. The van der Waals surface area contributed by atoms with Gasteiger partial charge in [0.1, 0.15) is 23.9 Å². The van der Waals surface area contributed by atoms with Crippen LogP contribution >= 0.6 is 0 Å². The number of amides is 2. The van der Waals surface area contributed by atoms with Gasteiger partial charge in [-0.3, -0.25) is 14.4 Å². The summed E-state index contributed by atoms with van der Waals surface area (Å²) in [4.78, 5) is 53.0. The molecule has 3 N–H and O–H groups in total. The first-order valence-corrected chi connectivity index (χ1v) is 21.1. The van der Waals surface area contributed by atoms with Crippen LogP contribution in [0.25, 0.3) is 6.08 Å². The second-order valence-corrected chi connectivity index (χ2v) is 17.7. The monoisotopic (exact) mass is 818 g/mol. The second-order valence-electron chi connectivity index (χ2n) is 17.7. The first-order valence-electron chi connectivity index (χ1n) is 21.1. The molecular formula is C48H54N2O10. The summed E-state index contributed by atoms with van der Waals surface area (Å²) in [6.07, 6.45) is 9.49. The number of hydrogen-bond donors (Lipinski definition) is 3. The maximum absolute atomic E-state index is 13.9. The number of benzene rings is 3. The lowest BCUT2D eigenvalue weighted by atomic mass is 9.88. The van der Waals surface area contributed by atoms with E-state index in [0.29, 0.717) is 53.2 Å². The Hall–Kier alpha value is -5.14. The number of nitrogens with one attached hydrogen (secondary N) is 2. The molecule has 2 heterocycles. The van der Waals surface area contributed by atoms with Crippen molar-refractivity contribution in [2.75, 3.05) is 6.61 Å². The zero-order chi connectivity index (χ0) is 42.0. The van der Waals surface area contributed by atoms with Crippen molar-refractivity contribution in [3.8, 4) is 0 Å². The van der Waals surface area contributed by atoms with Gasteiger partial charge in [0.15, 0.2) is 5.79 Å². The predicted molar refractivity (Wildman–Crippen MR) is 221 cm³/mol. The summed E-state index contributed by atoms with van der Waals surface area (Å²) in [5.74, 6) is -2.19. The molecule has 3 aliphatic carbocycles. The molecule has 8 rings (SSSR count). The number of carbonyl (C=O) groups excluding carboxylic acids is 4. The molecule has 12 heteroatoms. The Morgan fingerprint density at radius 1 is 0.917 bits per heavy atom. The summed E-state index contributed by atoms with van der Waals surface area (Å²) in [5.41, 5.74) is 4.37. The molecule has 316 valence electrons. The maximum Gasteiger partial charge on any atom is 0.338 e. The highest BCUT2D eigenvalue weighted by Crippen LogP contribution is 2.45. The largest absolute Gasteiger partial charge is 0.460 e. The van der Waals surface area contributed by atoms with Crippen LogP contribution in [0.4, 0.5) is 0 Å². The quantitative estimate of drug-likeness (QED) is 0.139. The van der Waals surface area contributed by atoms with Gasteiger partial charge in [-0.2, -0.15) is 0 Å². The van der Waals surface area contributed by atoms with E-state index in [0.717, 1.165) is 36.0 Å². The highest BCUT2D eigenvalue weighted by molar-refractivity contribution is 5.95. The smallest absolute Gasteiger partial charge is 0.338 e. The second kappa shape index (κ2) is 17.5. The minimum atomic E-state index is -0.937. The normalized spacial score (nSPS) is 25.4. The Balaban J connectivity index is 0.924. The summed E-state index contributed by atoms with van der Waals surface area (Å²) >= 11 is 0. The number of fused-ring (bicyclic) bond motifs is 3. The third-order valence-corrected chi connectivity index (χ3v) is 11.8. The highest BCUT2D eigenvalue weighted by Gasteiger charge is 2.55. The van der Waals surface area contributed by atoms with Crippen LogP contribution in [0.5, 0.6) is 0 Å². The first kappa shape index (κ1) is 41.6. The summed E-state index contributed by atoms with van der Waals surface area (Å²) in [7, 11) is 0. The van der Waals surface area contributed by atoms with Crippen LogP contribution in [0.15, 0.2) is 90.5 Å². The molecule has 5 aliphatic rings. The molecule has 7 unspecified atom stereocenters. The van der Waals surface area contributed by atoms with Gasteiger partial charge in [0, 0.05) is 43.4 Å². The molecule has 0 aromatic heterocycles. The molecule has 60 heavy (non-hydrogen) atoms. The zero-order valence-corrected chi connectivity index (χ0v) is 34.4. The average molecular weight is 819 g/mol. The van der Waals surface area contributed by atoms with Gasteiger partial charge in [0.05, 0.1) is 30.4 Å². The van der Waals surface area contributed by atoms with Gasteiger partial charge in [0.25, 0.3) is 5.91 Å². The van der Waals surface area contributed by atoms with Crippen molar-refractivity contribution >= 4 is 29.8 Å². The Kier molecular flexibility index (Phi) is 12.1.